The molecule has 0 saturated carbocycles. The number of hydrogen-bond acceptors (Lipinski definition) is 6. The van der Waals surface area contributed by atoms with Gasteiger partial charge in [-0.3, -0.25) is 0 Å². The van der Waals surface area contributed by atoms with Crippen LogP contribution in [0.4, 0.5) is 5.95 Å². The van der Waals surface area contributed by atoms with Crippen molar-refractivity contribution >= 4 is 17.3 Å². The van der Waals surface area contributed by atoms with E-state index in [0.717, 1.165) is 6.54 Å². The van der Waals surface area contributed by atoms with E-state index in [1.165, 1.54) is 4.88 Å². The molecule has 19 heavy (non-hydrogen) atoms. The summed E-state index contributed by atoms with van der Waals surface area (Å²) in [4.78, 5) is 11.9. The summed E-state index contributed by atoms with van der Waals surface area (Å²) < 4.78 is 5.08. The van der Waals surface area contributed by atoms with Crippen LogP contribution in [-0.2, 0) is 0 Å². The van der Waals surface area contributed by atoms with Gasteiger partial charge in [-0.2, -0.15) is 4.98 Å². The van der Waals surface area contributed by atoms with Crippen molar-refractivity contribution in [2.45, 2.75) is 6.04 Å². The quantitative estimate of drug-likeness (QED) is 0.878. The van der Waals surface area contributed by atoms with Gasteiger partial charge in [0.25, 0.3) is 0 Å². The van der Waals surface area contributed by atoms with Gasteiger partial charge in [-0.25, -0.2) is 4.98 Å². The standard InChI is InChI=1S/C13H18N4OS/c1-17(2)10(11-5-4-8-19-11)9-15-13-14-7-6-12(16-13)18-3/h4-8,10H,9H2,1-3H3,(H,14,15,16). The molecule has 2 aromatic rings. The van der Waals surface area contributed by atoms with E-state index in [0.29, 0.717) is 17.9 Å². The average Bonchev–Trinajstić information content (AvgIpc) is 2.93. The second kappa shape index (κ2) is 6.49. The van der Waals surface area contributed by atoms with Crippen LogP contribution < -0.4 is 10.1 Å². The summed E-state index contributed by atoms with van der Waals surface area (Å²) in [6.07, 6.45) is 1.68. The molecule has 6 heteroatoms. The Bertz CT molecular complexity index is 501. The highest BCUT2D eigenvalue weighted by Gasteiger charge is 2.15. The minimum Gasteiger partial charge on any atom is -0.481 e. The highest BCUT2D eigenvalue weighted by Crippen LogP contribution is 2.23. The highest BCUT2D eigenvalue weighted by molar-refractivity contribution is 7.10. The van der Waals surface area contributed by atoms with E-state index in [-0.39, 0.29) is 0 Å². The lowest BCUT2D eigenvalue weighted by molar-refractivity contribution is 0.315. The van der Waals surface area contributed by atoms with Gasteiger partial charge in [0, 0.05) is 23.7 Å². The number of nitrogens with one attached hydrogen (secondary N) is 1. The molecule has 0 aliphatic carbocycles. The lowest BCUT2D eigenvalue weighted by Crippen LogP contribution is -2.26. The van der Waals surface area contributed by atoms with Crippen molar-refractivity contribution in [2.24, 2.45) is 0 Å². The van der Waals surface area contributed by atoms with Crippen LogP contribution >= 0.6 is 11.3 Å². The normalized spacial score (nSPS) is 12.4. The monoisotopic (exact) mass is 278 g/mol. The molecule has 0 amide bonds. The molecule has 0 spiro atoms. The summed E-state index contributed by atoms with van der Waals surface area (Å²) in [5.41, 5.74) is 0. The molecule has 0 radical (unpaired) electrons. The molecule has 5 nitrogen and oxygen atoms in total. The van der Waals surface area contributed by atoms with Gasteiger partial charge in [0.15, 0.2) is 0 Å². The fourth-order valence-corrected chi connectivity index (χ4v) is 2.67. The topological polar surface area (TPSA) is 50.3 Å². The van der Waals surface area contributed by atoms with Crippen LogP contribution in [0.5, 0.6) is 5.88 Å². The summed E-state index contributed by atoms with van der Waals surface area (Å²) in [6.45, 7) is 0.751. The van der Waals surface area contributed by atoms with Crippen molar-refractivity contribution in [3.8, 4) is 5.88 Å². The van der Waals surface area contributed by atoms with E-state index in [1.807, 2.05) is 0 Å². The van der Waals surface area contributed by atoms with Crippen molar-refractivity contribution in [3.05, 3.63) is 34.7 Å². The SMILES string of the molecule is COc1ccnc(NCC(c2cccs2)N(C)C)n1. The van der Waals surface area contributed by atoms with E-state index in [2.05, 4.69) is 51.8 Å². The Morgan fingerprint density at radius 2 is 2.26 bits per heavy atom. The number of nitrogens with zero attached hydrogens (tertiary/aromatic N) is 3. The fraction of sp³-hybridized carbons (Fsp3) is 0.385. The third kappa shape index (κ3) is 3.65. The number of thiophene rings is 1. The molecule has 0 saturated heterocycles. The minimum atomic E-state index is 0.301. The van der Waals surface area contributed by atoms with Crippen LogP contribution in [0.3, 0.4) is 0 Å². The van der Waals surface area contributed by atoms with E-state index in [9.17, 15) is 0 Å². The Labute approximate surface area is 117 Å². The Morgan fingerprint density at radius 3 is 2.89 bits per heavy atom. The maximum absolute atomic E-state index is 5.08. The first-order valence-corrected chi connectivity index (χ1v) is 6.89. The predicted molar refractivity (Wildman–Crippen MR) is 77.8 cm³/mol. The van der Waals surface area contributed by atoms with Crippen LogP contribution in [0.2, 0.25) is 0 Å². The van der Waals surface area contributed by atoms with Crippen molar-refractivity contribution < 1.29 is 4.74 Å². The van der Waals surface area contributed by atoms with Gasteiger partial charge in [0.2, 0.25) is 11.8 Å². The molecular weight excluding hydrogens is 260 g/mol. The Morgan fingerprint density at radius 1 is 1.42 bits per heavy atom. The summed E-state index contributed by atoms with van der Waals surface area (Å²) >= 11 is 1.75. The molecule has 0 aliphatic rings. The first-order valence-electron chi connectivity index (χ1n) is 6.01. The second-order valence-corrected chi connectivity index (χ2v) is 5.28. The number of anilines is 1. The van der Waals surface area contributed by atoms with Crippen LogP contribution in [0.1, 0.15) is 10.9 Å². The molecule has 1 atom stereocenters. The van der Waals surface area contributed by atoms with Crippen molar-refractivity contribution in [1.29, 1.82) is 0 Å². The third-order valence-electron chi connectivity index (χ3n) is 2.79. The summed E-state index contributed by atoms with van der Waals surface area (Å²) in [5, 5.41) is 5.34. The zero-order chi connectivity index (χ0) is 13.7. The first kappa shape index (κ1) is 13.8. The van der Waals surface area contributed by atoms with Gasteiger partial charge in [-0.15, -0.1) is 11.3 Å². The summed E-state index contributed by atoms with van der Waals surface area (Å²) in [7, 11) is 5.73. The molecule has 2 aromatic heterocycles. The van der Waals surface area contributed by atoms with Gasteiger partial charge in [-0.05, 0) is 25.5 Å². The Kier molecular flexibility index (Phi) is 4.70. The van der Waals surface area contributed by atoms with E-state index >= 15 is 0 Å². The predicted octanol–water partition coefficient (Wildman–Crippen LogP) is 2.26. The molecular formula is C13H18N4OS. The number of aromatic nitrogens is 2. The highest BCUT2D eigenvalue weighted by atomic mass is 32.1. The lowest BCUT2D eigenvalue weighted by atomic mass is 10.2. The molecule has 2 heterocycles. The van der Waals surface area contributed by atoms with Crippen molar-refractivity contribution in [2.75, 3.05) is 33.1 Å². The van der Waals surface area contributed by atoms with Crippen LogP contribution in [0.25, 0.3) is 0 Å². The molecule has 0 aliphatic heterocycles. The van der Waals surface area contributed by atoms with Crippen LogP contribution in [0, 0.1) is 0 Å². The second-order valence-electron chi connectivity index (χ2n) is 4.30. The van der Waals surface area contributed by atoms with E-state index in [4.69, 9.17) is 4.74 Å². The fourth-order valence-electron chi connectivity index (χ4n) is 1.75. The number of hydrogen-bond donors (Lipinski definition) is 1. The number of ether oxygens (including phenoxy) is 1. The molecule has 0 fully saturated rings. The van der Waals surface area contributed by atoms with Gasteiger partial charge in [-0.1, -0.05) is 6.07 Å². The van der Waals surface area contributed by atoms with E-state index in [1.54, 1.807) is 30.7 Å². The number of rotatable bonds is 6. The zero-order valence-corrected chi connectivity index (χ0v) is 12.1. The minimum absolute atomic E-state index is 0.301. The maximum atomic E-state index is 5.08. The van der Waals surface area contributed by atoms with Crippen LogP contribution in [0.15, 0.2) is 29.8 Å². The summed E-state index contributed by atoms with van der Waals surface area (Å²) in [5.74, 6) is 1.15. The lowest BCUT2D eigenvalue weighted by Gasteiger charge is -2.23. The zero-order valence-electron chi connectivity index (χ0n) is 11.3. The van der Waals surface area contributed by atoms with Gasteiger partial charge in [0.05, 0.1) is 13.2 Å². The molecule has 2 rings (SSSR count). The maximum Gasteiger partial charge on any atom is 0.226 e. The van der Waals surface area contributed by atoms with Crippen LogP contribution in [-0.4, -0.2) is 42.6 Å². The Hall–Kier alpha value is -1.66. The largest absolute Gasteiger partial charge is 0.481 e. The van der Waals surface area contributed by atoms with Gasteiger partial charge < -0.3 is 15.0 Å². The molecule has 102 valence electrons. The average molecular weight is 278 g/mol. The number of methoxy groups -OCH3 is 1. The van der Waals surface area contributed by atoms with E-state index < -0.39 is 0 Å². The molecule has 1 unspecified atom stereocenters. The third-order valence-corrected chi connectivity index (χ3v) is 3.76. The number of likely N-dealkylation sites (N-methyl/N-ethyl adjacent to an activating group) is 1. The molecule has 0 aromatic carbocycles. The smallest absolute Gasteiger partial charge is 0.226 e. The first-order chi connectivity index (χ1) is 9.20. The Balaban J connectivity index is 2.02. The van der Waals surface area contributed by atoms with Gasteiger partial charge >= 0.3 is 0 Å². The van der Waals surface area contributed by atoms with Crippen molar-refractivity contribution in [1.82, 2.24) is 14.9 Å². The molecule has 1 N–H and O–H groups in total. The van der Waals surface area contributed by atoms with Crippen molar-refractivity contribution in [3.63, 3.8) is 0 Å². The van der Waals surface area contributed by atoms with Gasteiger partial charge in [0.1, 0.15) is 0 Å². The molecule has 0 bridgehead atoms. The summed E-state index contributed by atoms with van der Waals surface area (Å²) in [6, 6.07) is 6.24.